The van der Waals surface area contributed by atoms with Crippen molar-refractivity contribution in [1.29, 1.82) is 0 Å². The number of carbonyl (C=O) groups is 2. The maximum atomic E-state index is 11.0. The van der Waals surface area contributed by atoms with E-state index in [9.17, 15) is 18.0 Å². The second-order valence-electron chi connectivity index (χ2n) is 3.04. The molecule has 18 heavy (non-hydrogen) atoms. The number of hydrogen-bond acceptors (Lipinski definition) is 6. The molecule has 6 N–H and O–H groups in total. The van der Waals surface area contributed by atoms with E-state index in [1.165, 1.54) is 24.3 Å². The fourth-order valence-electron chi connectivity index (χ4n) is 0.978. The highest BCUT2D eigenvalue weighted by Gasteiger charge is 2.06. The quantitative estimate of drug-likeness (QED) is 0.330. The number of urea groups is 1. The number of sulfonamides is 1. The van der Waals surface area contributed by atoms with E-state index in [0.717, 1.165) is 0 Å². The van der Waals surface area contributed by atoms with Gasteiger partial charge in [-0.3, -0.25) is 15.5 Å². The molecule has 0 unspecified atom stereocenters. The molecule has 0 fully saturated rings. The average Bonchev–Trinajstić information content (AvgIpc) is 2.29. The SMILES string of the molecule is NS(=O)(=O)c1ccc(NNNC(=O)NC=O)cc1. The maximum Gasteiger partial charge on any atom is 0.336 e. The molecule has 0 aliphatic heterocycles. The summed E-state index contributed by atoms with van der Waals surface area (Å²) in [5.41, 5.74) is 7.40. The molecule has 98 valence electrons. The Labute approximate surface area is 103 Å². The Morgan fingerprint density at radius 3 is 2.33 bits per heavy atom. The normalized spacial score (nSPS) is 10.5. The summed E-state index contributed by atoms with van der Waals surface area (Å²) in [4.78, 5) is 20.6. The number of hydrogen-bond donors (Lipinski definition) is 5. The third-order valence-electron chi connectivity index (χ3n) is 1.76. The fraction of sp³-hybridized carbons (Fsp3) is 0. The second-order valence-corrected chi connectivity index (χ2v) is 4.60. The first-order valence-corrected chi connectivity index (χ1v) is 6.12. The minimum atomic E-state index is -3.73. The Balaban J connectivity index is 2.50. The number of hydrazine groups is 2. The van der Waals surface area contributed by atoms with Crippen molar-refractivity contribution in [2.45, 2.75) is 4.90 Å². The molecular formula is C8H11N5O4S. The molecular weight excluding hydrogens is 262 g/mol. The molecule has 0 heterocycles. The van der Waals surface area contributed by atoms with Gasteiger partial charge in [-0.05, 0) is 24.3 Å². The topological polar surface area (TPSA) is 142 Å². The Morgan fingerprint density at radius 2 is 1.83 bits per heavy atom. The molecule has 0 aromatic heterocycles. The summed E-state index contributed by atoms with van der Waals surface area (Å²) in [6.45, 7) is 0. The van der Waals surface area contributed by atoms with Crippen molar-refractivity contribution in [1.82, 2.24) is 16.3 Å². The van der Waals surface area contributed by atoms with Crippen LogP contribution in [0.3, 0.4) is 0 Å². The molecule has 1 aromatic rings. The number of imide groups is 1. The van der Waals surface area contributed by atoms with Crippen molar-refractivity contribution in [2.75, 3.05) is 5.43 Å². The zero-order valence-corrected chi connectivity index (χ0v) is 9.82. The molecule has 0 saturated heterocycles. The number of anilines is 1. The highest BCUT2D eigenvalue weighted by molar-refractivity contribution is 7.89. The Kier molecular flexibility index (Phi) is 4.59. The number of nitrogens with one attached hydrogen (secondary N) is 4. The van der Waals surface area contributed by atoms with Crippen molar-refractivity contribution >= 4 is 28.2 Å². The molecule has 1 rings (SSSR count). The van der Waals surface area contributed by atoms with E-state index >= 15 is 0 Å². The van der Waals surface area contributed by atoms with E-state index in [-0.39, 0.29) is 11.3 Å². The first-order valence-electron chi connectivity index (χ1n) is 4.57. The molecule has 0 atom stereocenters. The van der Waals surface area contributed by atoms with Crippen LogP contribution in [0.4, 0.5) is 10.5 Å². The van der Waals surface area contributed by atoms with Crippen LogP contribution in [0.1, 0.15) is 0 Å². The van der Waals surface area contributed by atoms with Crippen LogP contribution in [0, 0.1) is 0 Å². The van der Waals surface area contributed by atoms with Gasteiger partial charge in [-0.1, -0.05) is 0 Å². The largest absolute Gasteiger partial charge is 0.336 e. The summed E-state index contributed by atoms with van der Waals surface area (Å²) < 4.78 is 21.9. The number of nitrogens with two attached hydrogens (primary N) is 1. The standard InChI is InChI=1S/C8H11N5O4S/c9-18(16,17)7-3-1-6(2-4-7)11-13-12-8(15)10-5-14/h1-5,11,13H,(H2,9,16,17)(H2,10,12,14,15). The predicted molar refractivity (Wildman–Crippen MR) is 62.3 cm³/mol. The van der Waals surface area contributed by atoms with Gasteiger partial charge >= 0.3 is 6.03 Å². The summed E-state index contributed by atoms with van der Waals surface area (Å²) in [6.07, 6.45) is 0.220. The minimum absolute atomic E-state index is 0.0280. The first kappa shape index (κ1) is 13.9. The lowest BCUT2D eigenvalue weighted by Crippen LogP contribution is -2.46. The Morgan fingerprint density at radius 1 is 1.22 bits per heavy atom. The average molecular weight is 273 g/mol. The van der Waals surface area contributed by atoms with Gasteiger partial charge in [0, 0.05) is 0 Å². The molecule has 9 nitrogen and oxygen atoms in total. The zero-order valence-electron chi connectivity index (χ0n) is 9.01. The van der Waals surface area contributed by atoms with Crippen LogP contribution in [-0.2, 0) is 14.8 Å². The lowest BCUT2D eigenvalue weighted by molar-refractivity contribution is -0.108. The van der Waals surface area contributed by atoms with Crippen LogP contribution < -0.4 is 26.8 Å². The summed E-state index contributed by atoms with van der Waals surface area (Å²) in [7, 11) is -3.73. The maximum absolute atomic E-state index is 11.0. The third-order valence-corrected chi connectivity index (χ3v) is 2.68. The van der Waals surface area contributed by atoms with E-state index in [0.29, 0.717) is 5.69 Å². The van der Waals surface area contributed by atoms with Crippen LogP contribution in [0.5, 0.6) is 0 Å². The van der Waals surface area contributed by atoms with Crippen molar-refractivity contribution in [2.24, 2.45) is 5.14 Å². The van der Waals surface area contributed by atoms with Gasteiger partial charge in [-0.15, -0.1) is 5.53 Å². The van der Waals surface area contributed by atoms with Crippen molar-refractivity contribution in [3.8, 4) is 0 Å². The van der Waals surface area contributed by atoms with Gasteiger partial charge in [-0.2, -0.15) is 0 Å². The number of primary sulfonamides is 1. The molecule has 0 aliphatic carbocycles. The first-order chi connectivity index (χ1) is 8.43. The number of benzene rings is 1. The van der Waals surface area contributed by atoms with Crippen molar-refractivity contribution in [3.63, 3.8) is 0 Å². The number of amides is 3. The van der Waals surface area contributed by atoms with E-state index < -0.39 is 16.1 Å². The van der Waals surface area contributed by atoms with Crippen molar-refractivity contribution in [3.05, 3.63) is 24.3 Å². The smallest absolute Gasteiger partial charge is 0.304 e. The lowest BCUT2D eigenvalue weighted by atomic mass is 10.3. The van der Waals surface area contributed by atoms with Crippen LogP contribution in [-0.4, -0.2) is 20.9 Å². The molecule has 10 heteroatoms. The highest BCUT2D eigenvalue weighted by Crippen LogP contribution is 2.11. The third kappa shape index (κ3) is 4.37. The molecule has 1 aromatic carbocycles. The highest BCUT2D eigenvalue weighted by atomic mass is 32.2. The van der Waals surface area contributed by atoms with Gasteiger partial charge in [-0.25, -0.2) is 18.4 Å². The van der Waals surface area contributed by atoms with E-state index in [1.807, 2.05) is 5.32 Å². The van der Waals surface area contributed by atoms with Crippen LogP contribution in [0.2, 0.25) is 0 Å². The second kappa shape index (κ2) is 5.95. The van der Waals surface area contributed by atoms with Gasteiger partial charge in [0.15, 0.2) is 0 Å². The van der Waals surface area contributed by atoms with Gasteiger partial charge in [0.05, 0.1) is 10.6 Å². The van der Waals surface area contributed by atoms with Crippen LogP contribution >= 0.6 is 0 Å². The Bertz CT molecular complexity index is 527. The van der Waals surface area contributed by atoms with Gasteiger partial charge in [0.25, 0.3) is 0 Å². The number of rotatable bonds is 5. The van der Waals surface area contributed by atoms with Crippen LogP contribution in [0.15, 0.2) is 29.2 Å². The lowest BCUT2D eigenvalue weighted by Gasteiger charge is -2.09. The summed E-state index contributed by atoms with van der Waals surface area (Å²) in [5.74, 6) is 0. The Hall–Kier alpha value is -2.17. The molecule has 0 aliphatic rings. The van der Waals surface area contributed by atoms with Crippen molar-refractivity contribution < 1.29 is 18.0 Å². The summed E-state index contributed by atoms with van der Waals surface area (Å²) in [6, 6.07) is 4.71. The van der Waals surface area contributed by atoms with E-state index in [2.05, 4.69) is 16.4 Å². The monoisotopic (exact) mass is 273 g/mol. The molecule has 0 bridgehead atoms. The fourth-order valence-corrected chi connectivity index (χ4v) is 1.49. The van der Waals surface area contributed by atoms with Gasteiger partial charge in [0.2, 0.25) is 16.4 Å². The van der Waals surface area contributed by atoms with E-state index in [1.54, 1.807) is 0 Å². The molecule has 0 saturated carbocycles. The van der Waals surface area contributed by atoms with Crippen LogP contribution in [0.25, 0.3) is 0 Å². The molecule has 3 amide bonds. The zero-order chi connectivity index (χ0) is 13.6. The minimum Gasteiger partial charge on any atom is -0.304 e. The van der Waals surface area contributed by atoms with E-state index in [4.69, 9.17) is 5.14 Å². The molecule has 0 spiro atoms. The van der Waals surface area contributed by atoms with Gasteiger partial charge < -0.3 is 5.43 Å². The number of carbonyl (C=O) groups excluding carboxylic acids is 2. The van der Waals surface area contributed by atoms with Gasteiger partial charge in [0.1, 0.15) is 0 Å². The summed E-state index contributed by atoms with van der Waals surface area (Å²) >= 11 is 0. The molecule has 0 radical (unpaired) electrons. The summed E-state index contributed by atoms with van der Waals surface area (Å²) in [5, 5.41) is 6.75. The predicted octanol–water partition coefficient (Wildman–Crippen LogP) is -1.38.